The Morgan fingerprint density at radius 1 is 0.615 bits per heavy atom. The maximum absolute atomic E-state index is 5.46. The molecule has 0 N–H and O–H groups in total. The number of rotatable bonds is 0. The molecule has 0 unspecified atom stereocenters. The van der Waals surface area contributed by atoms with Crippen molar-refractivity contribution in [2.24, 2.45) is 0 Å². The van der Waals surface area contributed by atoms with Gasteiger partial charge in [-0.1, -0.05) is 10.0 Å². The van der Waals surface area contributed by atoms with Crippen LogP contribution < -0.4 is 0 Å². The van der Waals surface area contributed by atoms with Gasteiger partial charge in [-0.3, -0.25) is 0 Å². The van der Waals surface area contributed by atoms with E-state index in [4.69, 9.17) is 23.2 Å². The summed E-state index contributed by atoms with van der Waals surface area (Å²) in [7, 11) is 0. The average Bonchev–Trinajstić information content (AvgIpc) is 2.63. The third kappa shape index (κ3) is 5.95. The van der Waals surface area contributed by atoms with E-state index in [-0.39, 0.29) is 17.1 Å². The van der Waals surface area contributed by atoms with Gasteiger partial charge in [0.1, 0.15) is 0 Å². The third-order valence-corrected chi connectivity index (χ3v) is 1.75. The molecular weight excluding hydrogens is 247 g/mol. The summed E-state index contributed by atoms with van der Waals surface area (Å²) < 4.78 is 0. The Kier molecular flexibility index (Phi) is 7.12. The van der Waals surface area contributed by atoms with Crippen molar-refractivity contribution in [3.8, 4) is 0 Å². The Morgan fingerprint density at radius 3 is 0.923 bits per heavy atom. The van der Waals surface area contributed by atoms with Gasteiger partial charge in [0.15, 0.2) is 0 Å². The summed E-state index contributed by atoms with van der Waals surface area (Å²) >= 11 is 10.9. The molecule has 0 heterocycles. The standard InChI is InChI=1S/2C5H4Cl.Fe/c2*6-5-3-1-2-4-5;/h2*1-4H;/q2*-1;+2. The van der Waals surface area contributed by atoms with Crippen LogP contribution in [-0.4, -0.2) is 0 Å². The molecule has 0 bridgehead atoms. The molecule has 0 saturated carbocycles. The molecule has 0 aromatic heterocycles. The molecule has 0 saturated heterocycles. The normalized spacial score (nSPS) is 8.15. The van der Waals surface area contributed by atoms with E-state index in [1.807, 2.05) is 48.5 Å². The van der Waals surface area contributed by atoms with E-state index in [1.165, 1.54) is 0 Å². The predicted molar refractivity (Wildman–Crippen MR) is 54.1 cm³/mol. The van der Waals surface area contributed by atoms with Gasteiger partial charge in [-0.2, -0.15) is 47.5 Å². The molecule has 0 fully saturated rings. The first-order valence-electron chi connectivity index (χ1n) is 3.53. The summed E-state index contributed by atoms with van der Waals surface area (Å²) in [5.41, 5.74) is 0. The van der Waals surface area contributed by atoms with Crippen LogP contribution in [0.25, 0.3) is 0 Å². The Morgan fingerprint density at radius 2 is 0.846 bits per heavy atom. The largest absolute Gasteiger partial charge is 2.00 e. The predicted octanol–water partition coefficient (Wildman–Crippen LogP) is 4.12. The van der Waals surface area contributed by atoms with Crippen LogP contribution in [0.4, 0.5) is 0 Å². The topological polar surface area (TPSA) is 0 Å². The minimum Gasteiger partial charge on any atom is -0.212 e. The fourth-order valence-electron chi connectivity index (χ4n) is 0.701. The van der Waals surface area contributed by atoms with E-state index in [9.17, 15) is 0 Å². The molecule has 0 aliphatic rings. The van der Waals surface area contributed by atoms with Crippen LogP contribution in [0.2, 0.25) is 10.0 Å². The third-order valence-electron chi connectivity index (χ3n) is 1.24. The van der Waals surface area contributed by atoms with Crippen LogP contribution in [0.1, 0.15) is 0 Å². The van der Waals surface area contributed by atoms with Crippen LogP contribution in [0.3, 0.4) is 0 Å². The van der Waals surface area contributed by atoms with E-state index in [0.29, 0.717) is 0 Å². The fraction of sp³-hybridized carbons (Fsp3) is 0. The summed E-state index contributed by atoms with van der Waals surface area (Å²) in [5, 5.41) is 1.63. The van der Waals surface area contributed by atoms with Gasteiger partial charge in [0, 0.05) is 0 Å². The maximum atomic E-state index is 5.46. The average molecular weight is 255 g/mol. The van der Waals surface area contributed by atoms with E-state index in [0.717, 1.165) is 10.0 Å². The second-order valence-corrected chi connectivity index (χ2v) is 3.08. The van der Waals surface area contributed by atoms with Crippen molar-refractivity contribution in [3.05, 3.63) is 58.6 Å². The molecule has 0 nitrogen and oxygen atoms in total. The second kappa shape index (κ2) is 7.23. The zero-order chi connectivity index (χ0) is 8.81. The van der Waals surface area contributed by atoms with Gasteiger partial charge in [-0.25, -0.2) is 24.3 Å². The SMILES string of the molecule is Cl[c-]1cccc1.Cl[c-]1cccc1.[Fe+2]. The summed E-state index contributed by atoms with van der Waals surface area (Å²) in [6.45, 7) is 0. The molecule has 0 amide bonds. The Balaban J connectivity index is 0.000000206. The van der Waals surface area contributed by atoms with E-state index < -0.39 is 0 Å². The van der Waals surface area contributed by atoms with Crippen LogP contribution in [-0.2, 0) is 17.1 Å². The van der Waals surface area contributed by atoms with Crippen molar-refractivity contribution < 1.29 is 17.1 Å². The van der Waals surface area contributed by atoms with Crippen LogP contribution in [0, 0.1) is 0 Å². The number of hydrogen-bond acceptors (Lipinski definition) is 0. The Bertz CT molecular complexity index is 252. The smallest absolute Gasteiger partial charge is 0.212 e. The van der Waals surface area contributed by atoms with Crippen LogP contribution in [0.5, 0.6) is 0 Å². The van der Waals surface area contributed by atoms with Crippen molar-refractivity contribution in [2.75, 3.05) is 0 Å². The van der Waals surface area contributed by atoms with Crippen LogP contribution in [0.15, 0.2) is 48.5 Å². The summed E-state index contributed by atoms with van der Waals surface area (Å²) in [5.74, 6) is 0. The van der Waals surface area contributed by atoms with E-state index in [2.05, 4.69) is 0 Å². The van der Waals surface area contributed by atoms with Crippen molar-refractivity contribution >= 4 is 23.2 Å². The Hall–Kier alpha value is -0.201. The summed E-state index contributed by atoms with van der Waals surface area (Å²) in [4.78, 5) is 0. The second-order valence-electron chi connectivity index (χ2n) is 2.21. The van der Waals surface area contributed by atoms with Crippen molar-refractivity contribution in [2.45, 2.75) is 0 Å². The molecule has 2 aromatic rings. The molecule has 13 heavy (non-hydrogen) atoms. The first-order chi connectivity index (χ1) is 5.79. The van der Waals surface area contributed by atoms with Crippen molar-refractivity contribution in [1.82, 2.24) is 0 Å². The number of halogens is 2. The van der Waals surface area contributed by atoms with Crippen molar-refractivity contribution in [3.63, 3.8) is 0 Å². The molecule has 0 aliphatic carbocycles. The molecule has 0 aliphatic heterocycles. The van der Waals surface area contributed by atoms with E-state index in [1.54, 1.807) is 0 Å². The molecule has 2 aromatic carbocycles. The molecule has 3 heteroatoms. The molecule has 0 radical (unpaired) electrons. The zero-order valence-corrected chi connectivity index (χ0v) is 9.34. The monoisotopic (exact) mass is 254 g/mol. The van der Waals surface area contributed by atoms with E-state index >= 15 is 0 Å². The van der Waals surface area contributed by atoms with Gasteiger partial charge in [-0.15, -0.1) is 0 Å². The quantitative estimate of drug-likeness (QED) is 0.490. The first kappa shape index (κ1) is 12.8. The van der Waals surface area contributed by atoms with Gasteiger partial charge in [0.05, 0.1) is 0 Å². The molecule has 2 rings (SSSR count). The van der Waals surface area contributed by atoms with Crippen LogP contribution >= 0.6 is 23.2 Å². The van der Waals surface area contributed by atoms with Gasteiger partial charge in [0.2, 0.25) is 0 Å². The zero-order valence-electron chi connectivity index (χ0n) is 6.73. The summed E-state index contributed by atoms with van der Waals surface area (Å²) in [6, 6.07) is 15.0. The van der Waals surface area contributed by atoms with Gasteiger partial charge < -0.3 is 0 Å². The summed E-state index contributed by atoms with van der Waals surface area (Å²) in [6.07, 6.45) is 0. The molecule has 0 atom stereocenters. The van der Waals surface area contributed by atoms with Gasteiger partial charge in [-0.05, 0) is 0 Å². The molecule has 70 valence electrons. The van der Waals surface area contributed by atoms with Gasteiger partial charge >= 0.3 is 17.1 Å². The minimum atomic E-state index is 0. The first-order valence-corrected chi connectivity index (χ1v) is 4.29. The fourth-order valence-corrected chi connectivity index (χ4v) is 0.992. The minimum absolute atomic E-state index is 0. The molecular formula is C10H8Cl2Fe. The van der Waals surface area contributed by atoms with Crippen molar-refractivity contribution in [1.29, 1.82) is 0 Å². The number of hydrogen-bond donors (Lipinski definition) is 0. The Labute approximate surface area is 98.7 Å². The van der Waals surface area contributed by atoms with Gasteiger partial charge in [0.25, 0.3) is 0 Å². The maximum Gasteiger partial charge on any atom is 2.00 e. The molecule has 0 spiro atoms.